The van der Waals surface area contributed by atoms with E-state index in [-0.39, 0.29) is 32.1 Å². The zero-order valence-electron chi connectivity index (χ0n) is 14.3. The van der Waals surface area contributed by atoms with E-state index in [1.807, 2.05) is 0 Å². The molecular weight excluding hydrogens is 392 g/mol. The zero-order chi connectivity index (χ0) is 20.5. The molecule has 0 radical (unpaired) electrons. The molecule has 1 aromatic carbocycles. The SMILES string of the molecule is C=CCn1c(C(F)(F)F)cc(=O)n(-c2cc(OC(C)C)c(Cl)cc2F)c1=O. The lowest BCUT2D eigenvalue weighted by molar-refractivity contribution is -0.144. The number of halogens is 5. The molecule has 0 spiro atoms. The van der Waals surface area contributed by atoms with Crippen LogP contribution < -0.4 is 16.0 Å². The molecule has 0 atom stereocenters. The van der Waals surface area contributed by atoms with Crippen molar-refractivity contribution in [1.29, 1.82) is 0 Å². The topological polar surface area (TPSA) is 53.2 Å². The fourth-order valence-corrected chi connectivity index (χ4v) is 2.57. The normalized spacial score (nSPS) is 11.7. The summed E-state index contributed by atoms with van der Waals surface area (Å²) < 4.78 is 59.8. The van der Waals surface area contributed by atoms with Crippen LogP contribution in [0.3, 0.4) is 0 Å². The molecule has 2 aromatic rings. The number of benzene rings is 1. The van der Waals surface area contributed by atoms with E-state index >= 15 is 0 Å². The Bertz CT molecular complexity index is 993. The van der Waals surface area contributed by atoms with Crippen LogP contribution in [0.2, 0.25) is 5.02 Å². The minimum atomic E-state index is -4.95. The summed E-state index contributed by atoms with van der Waals surface area (Å²) in [6.45, 7) is 6.10. The van der Waals surface area contributed by atoms with Crippen LogP contribution in [0.4, 0.5) is 17.6 Å². The molecule has 0 fully saturated rings. The number of alkyl halides is 3. The van der Waals surface area contributed by atoms with E-state index in [0.29, 0.717) is 0 Å². The highest BCUT2D eigenvalue weighted by molar-refractivity contribution is 6.32. The molecular formula is C17H15ClF4N2O3. The maximum absolute atomic E-state index is 14.4. The second-order valence-corrected chi connectivity index (χ2v) is 6.19. The van der Waals surface area contributed by atoms with Crippen LogP contribution >= 0.6 is 11.6 Å². The molecule has 27 heavy (non-hydrogen) atoms. The molecule has 0 N–H and O–H groups in total. The molecule has 0 saturated carbocycles. The number of hydrogen-bond donors (Lipinski definition) is 0. The van der Waals surface area contributed by atoms with Crippen molar-refractivity contribution in [3.63, 3.8) is 0 Å². The van der Waals surface area contributed by atoms with Gasteiger partial charge in [-0.3, -0.25) is 9.36 Å². The van der Waals surface area contributed by atoms with Gasteiger partial charge >= 0.3 is 11.9 Å². The quantitative estimate of drug-likeness (QED) is 0.561. The van der Waals surface area contributed by atoms with Crippen LogP contribution in [-0.2, 0) is 12.7 Å². The van der Waals surface area contributed by atoms with Crippen molar-refractivity contribution in [3.8, 4) is 11.4 Å². The summed E-state index contributed by atoms with van der Waals surface area (Å²) in [7, 11) is 0. The highest BCUT2D eigenvalue weighted by atomic mass is 35.5. The van der Waals surface area contributed by atoms with Crippen molar-refractivity contribution in [1.82, 2.24) is 9.13 Å². The first kappa shape index (κ1) is 20.8. The van der Waals surface area contributed by atoms with Gasteiger partial charge in [-0.15, -0.1) is 6.58 Å². The average Bonchev–Trinajstić information content (AvgIpc) is 2.52. The van der Waals surface area contributed by atoms with Crippen LogP contribution in [0.15, 0.2) is 40.4 Å². The molecule has 0 aliphatic carbocycles. The maximum Gasteiger partial charge on any atom is 0.431 e. The van der Waals surface area contributed by atoms with E-state index in [4.69, 9.17) is 16.3 Å². The Morgan fingerprint density at radius 3 is 2.41 bits per heavy atom. The molecule has 5 nitrogen and oxygen atoms in total. The van der Waals surface area contributed by atoms with Gasteiger partial charge in [0, 0.05) is 18.7 Å². The molecule has 2 rings (SSSR count). The highest BCUT2D eigenvalue weighted by Crippen LogP contribution is 2.30. The van der Waals surface area contributed by atoms with Gasteiger partial charge in [0.2, 0.25) is 0 Å². The Morgan fingerprint density at radius 1 is 1.26 bits per heavy atom. The Hall–Kier alpha value is -2.55. The molecule has 0 aliphatic rings. The van der Waals surface area contributed by atoms with Crippen LogP contribution in [0.1, 0.15) is 19.5 Å². The second kappa shape index (κ2) is 7.59. The zero-order valence-corrected chi connectivity index (χ0v) is 15.1. The van der Waals surface area contributed by atoms with Gasteiger partial charge in [-0.1, -0.05) is 17.7 Å². The van der Waals surface area contributed by atoms with Gasteiger partial charge in [0.15, 0.2) is 0 Å². The van der Waals surface area contributed by atoms with Gasteiger partial charge in [-0.25, -0.2) is 13.8 Å². The number of rotatable bonds is 5. The van der Waals surface area contributed by atoms with Gasteiger partial charge in [0.25, 0.3) is 5.56 Å². The predicted octanol–water partition coefficient (Wildman–Crippen LogP) is 3.78. The van der Waals surface area contributed by atoms with Crippen LogP contribution in [-0.4, -0.2) is 15.2 Å². The maximum atomic E-state index is 14.4. The minimum Gasteiger partial charge on any atom is -0.489 e. The van der Waals surface area contributed by atoms with Gasteiger partial charge in [-0.2, -0.15) is 13.2 Å². The molecule has 0 unspecified atom stereocenters. The summed E-state index contributed by atoms with van der Waals surface area (Å²) in [5.74, 6) is -1.09. The lowest BCUT2D eigenvalue weighted by Gasteiger charge is -2.17. The largest absolute Gasteiger partial charge is 0.489 e. The molecule has 10 heteroatoms. The molecule has 1 aromatic heterocycles. The van der Waals surface area contributed by atoms with Crippen molar-refractivity contribution in [2.45, 2.75) is 32.7 Å². The van der Waals surface area contributed by atoms with Crippen molar-refractivity contribution in [2.24, 2.45) is 0 Å². The number of ether oxygens (including phenoxy) is 1. The van der Waals surface area contributed by atoms with Crippen LogP contribution in [0.25, 0.3) is 5.69 Å². The molecule has 0 bridgehead atoms. The van der Waals surface area contributed by atoms with E-state index in [1.165, 1.54) is 0 Å². The van der Waals surface area contributed by atoms with Crippen LogP contribution in [0.5, 0.6) is 5.75 Å². The first-order valence-electron chi connectivity index (χ1n) is 7.68. The van der Waals surface area contributed by atoms with E-state index < -0.39 is 41.2 Å². The third-order valence-corrected chi connectivity index (χ3v) is 3.70. The lowest BCUT2D eigenvalue weighted by atomic mass is 10.2. The predicted molar refractivity (Wildman–Crippen MR) is 92.2 cm³/mol. The fraction of sp³-hybridized carbons (Fsp3) is 0.294. The summed E-state index contributed by atoms with van der Waals surface area (Å²) >= 11 is 5.88. The Labute approximate surface area is 156 Å². The van der Waals surface area contributed by atoms with Crippen molar-refractivity contribution in [3.05, 3.63) is 68.2 Å². The van der Waals surface area contributed by atoms with Crippen molar-refractivity contribution >= 4 is 11.6 Å². The summed E-state index contributed by atoms with van der Waals surface area (Å²) in [4.78, 5) is 24.8. The second-order valence-electron chi connectivity index (χ2n) is 5.78. The Balaban J connectivity index is 2.84. The average molecular weight is 407 g/mol. The number of allylic oxidation sites excluding steroid dienone is 1. The van der Waals surface area contributed by atoms with Crippen LogP contribution in [0, 0.1) is 5.82 Å². The summed E-state index contributed by atoms with van der Waals surface area (Å²) in [6.07, 6.45) is -4.26. The molecule has 146 valence electrons. The molecule has 0 amide bonds. The first-order valence-corrected chi connectivity index (χ1v) is 8.06. The minimum absolute atomic E-state index is 0.0236. The number of hydrogen-bond acceptors (Lipinski definition) is 3. The third kappa shape index (κ3) is 4.24. The first-order chi connectivity index (χ1) is 12.5. The van der Waals surface area contributed by atoms with Gasteiger partial charge < -0.3 is 4.74 Å². The number of nitrogens with zero attached hydrogens (tertiary/aromatic N) is 2. The standard InChI is InChI=1S/C17H15ClF4N2O3/c1-4-5-23-14(17(20,21)22)8-15(25)24(16(23)26)12-7-13(27-9(2)3)10(18)6-11(12)19/h4,6-9H,1,5H2,2-3H3. The number of aromatic nitrogens is 2. The van der Waals surface area contributed by atoms with Gasteiger partial charge in [-0.05, 0) is 19.9 Å². The highest BCUT2D eigenvalue weighted by Gasteiger charge is 2.36. The molecule has 1 heterocycles. The van der Waals surface area contributed by atoms with Crippen molar-refractivity contribution < 1.29 is 22.3 Å². The summed E-state index contributed by atoms with van der Waals surface area (Å²) in [6, 6.07) is 2.03. The Morgan fingerprint density at radius 2 is 1.89 bits per heavy atom. The monoisotopic (exact) mass is 406 g/mol. The van der Waals surface area contributed by atoms with Gasteiger partial charge in [0.05, 0.1) is 16.8 Å². The lowest BCUT2D eigenvalue weighted by Crippen LogP contribution is -2.42. The summed E-state index contributed by atoms with van der Waals surface area (Å²) in [5, 5.41) is -0.115. The Kier molecular flexibility index (Phi) is 5.84. The van der Waals surface area contributed by atoms with Gasteiger partial charge in [0.1, 0.15) is 17.3 Å². The fourth-order valence-electron chi connectivity index (χ4n) is 2.37. The smallest absolute Gasteiger partial charge is 0.431 e. The van der Waals surface area contributed by atoms with E-state index in [0.717, 1.165) is 18.2 Å². The van der Waals surface area contributed by atoms with E-state index in [1.54, 1.807) is 13.8 Å². The van der Waals surface area contributed by atoms with E-state index in [9.17, 15) is 27.2 Å². The molecule has 0 aliphatic heterocycles. The third-order valence-electron chi connectivity index (χ3n) is 3.40. The molecule has 0 saturated heterocycles. The van der Waals surface area contributed by atoms with E-state index in [2.05, 4.69) is 6.58 Å². The van der Waals surface area contributed by atoms with Crippen molar-refractivity contribution in [2.75, 3.05) is 0 Å². The summed E-state index contributed by atoms with van der Waals surface area (Å²) in [5.41, 5.74) is -4.74.